The Balaban J connectivity index is 0.000000753. The number of carbonyl (C=O) groups excluding carboxylic acids is 1. The summed E-state index contributed by atoms with van der Waals surface area (Å²) in [5.74, 6) is -0.0647. The average molecular weight is 548 g/mol. The van der Waals surface area contributed by atoms with Crippen LogP contribution in [0, 0.1) is 10.1 Å². The maximum Gasteiger partial charge on any atom is 0.263 e. The highest BCUT2D eigenvalue weighted by molar-refractivity contribution is 7.71. The molecule has 1 aliphatic heterocycles. The number of imidazole rings is 2. The first-order chi connectivity index (χ1) is 18.5. The molecule has 11 heteroatoms. The molecule has 0 spiro atoms. The lowest BCUT2D eigenvalue weighted by molar-refractivity contribution is -0.112. The molecule has 0 saturated heterocycles. The number of hydrogen-bond donors (Lipinski definition) is 4. The summed E-state index contributed by atoms with van der Waals surface area (Å²) in [6, 6.07) is 0. The van der Waals surface area contributed by atoms with Gasteiger partial charge in [0.05, 0.1) is 6.33 Å². The molecule has 5 N–H and O–H groups in total. The van der Waals surface area contributed by atoms with Gasteiger partial charge < -0.3 is 20.6 Å². The third kappa shape index (κ3) is 7.87. The highest BCUT2D eigenvalue weighted by Gasteiger charge is 2.26. The van der Waals surface area contributed by atoms with Gasteiger partial charge in [-0.25, -0.2) is 14.6 Å². The second-order valence-corrected chi connectivity index (χ2v) is 10.3. The summed E-state index contributed by atoms with van der Waals surface area (Å²) in [7, 11) is 1.72. The van der Waals surface area contributed by atoms with Gasteiger partial charge in [-0.15, -0.1) is 0 Å². The zero-order valence-corrected chi connectivity index (χ0v) is 24.1. The molecule has 0 aromatic carbocycles. The molecule has 4 heterocycles. The van der Waals surface area contributed by atoms with Crippen molar-refractivity contribution in [3.63, 3.8) is 0 Å². The minimum atomic E-state index is -0.309. The maximum absolute atomic E-state index is 12.5. The molecule has 3 aromatic heterocycles. The van der Waals surface area contributed by atoms with Crippen LogP contribution in [0.5, 0.6) is 0 Å². The quantitative estimate of drug-likeness (QED) is 0.197. The van der Waals surface area contributed by atoms with Crippen LogP contribution in [0.2, 0.25) is 0 Å². The van der Waals surface area contributed by atoms with E-state index in [0.29, 0.717) is 15.8 Å². The summed E-state index contributed by atoms with van der Waals surface area (Å²) in [6.07, 6.45) is 19.3. The molecule has 0 unspecified atom stereocenters. The number of H-pyrrole nitrogens is 1. The van der Waals surface area contributed by atoms with Crippen LogP contribution in [-0.2, 0) is 11.8 Å². The number of allylic oxidation sites excluding steroid dienone is 9. The predicted octanol–water partition coefficient (Wildman–Crippen LogP) is 4.86. The van der Waals surface area contributed by atoms with Crippen molar-refractivity contribution >= 4 is 35.2 Å². The van der Waals surface area contributed by atoms with Gasteiger partial charge in [-0.3, -0.25) is 10.2 Å². The largest absolute Gasteiger partial charge is 0.388 e. The number of carbonyl (C=O) groups is 1. The van der Waals surface area contributed by atoms with E-state index in [1.54, 1.807) is 30.3 Å². The molecule has 39 heavy (non-hydrogen) atoms. The topological polar surface area (TPSA) is 131 Å². The first kappa shape index (κ1) is 29.3. The lowest BCUT2D eigenvalue weighted by Gasteiger charge is -2.33. The van der Waals surface area contributed by atoms with Gasteiger partial charge in [-0.1, -0.05) is 62.0 Å². The second kappa shape index (κ2) is 13.0. The monoisotopic (exact) mass is 547 g/mol. The van der Waals surface area contributed by atoms with Crippen LogP contribution in [0.1, 0.15) is 41.0 Å². The number of nitrogens with zero attached hydrogens (tertiary/aromatic N) is 5. The van der Waals surface area contributed by atoms with Gasteiger partial charge in [0.15, 0.2) is 5.65 Å². The van der Waals surface area contributed by atoms with E-state index in [4.69, 9.17) is 18.0 Å². The number of rotatable bonds is 6. The van der Waals surface area contributed by atoms with Crippen molar-refractivity contribution in [1.29, 1.82) is 0 Å². The Kier molecular flexibility index (Phi) is 9.78. The molecule has 1 aliphatic rings. The fourth-order valence-electron chi connectivity index (χ4n) is 4.02. The first-order valence-corrected chi connectivity index (χ1v) is 13.0. The fourth-order valence-corrected chi connectivity index (χ4v) is 4.26. The molecule has 0 atom stereocenters. The van der Waals surface area contributed by atoms with Crippen LogP contribution in [0.4, 0.5) is 5.95 Å². The van der Waals surface area contributed by atoms with Crippen molar-refractivity contribution in [3.8, 4) is 0 Å². The van der Waals surface area contributed by atoms with Crippen LogP contribution in [0.15, 0.2) is 83.9 Å². The highest BCUT2D eigenvalue weighted by atomic mass is 32.1. The summed E-state index contributed by atoms with van der Waals surface area (Å²) in [5.41, 5.74) is 14.2. The van der Waals surface area contributed by atoms with E-state index in [2.05, 4.69) is 70.5 Å². The summed E-state index contributed by atoms with van der Waals surface area (Å²) < 4.78 is 3.45. The standard InChI is InChI=1S/C25H33N7OS.C3H4N2/c1-16(10-11-19-18(3)27-13-12-25(19,4)5)8-7-9-17(2)14-20(33)30-32-15-28-21-22(32)29-24(26)31(6)23(21)34;1-2-5-3-4-1/h7-11,14-15,27H,12-13H2,1-6H3,(H2,26,29)(H,30,33);1-3H,(H,4,5)/b9-7+,11-10+,16-8+,17-14+;. The third-order valence-electron chi connectivity index (χ3n) is 6.31. The van der Waals surface area contributed by atoms with Crippen LogP contribution >= 0.6 is 12.2 Å². The van der Waals surface area contributed by atoms with E-state index in [9.17, 15) is 4.79 Å². The molecule has 4 rings (SSSR count). The zero-order chi connectivity index (χ0) is 28.6. The molecular formula is C28H37N9OS. The van der Waals surface area contributed by atoms with Crippen LogP contribution in [0.25, 0.3) is 11.2 Å². The van der Waals surface area contributed by atoms with Crippen molar-refractivity contribution in [1.82, 2.24) is 34.5 Å². The molecule has 206 valence electrons. The van der Waals surface area contributed by atoms with Gasteiger partial charge in [-0.2, -0.15) is 4.98 Å². The SMILES string of the molecule is CC1=C(/C=C/C(C)=C/C=C/C(C)=C/C(=O)Nn2cnc3c(=S)n(C)c(N)nc32)C(C)(C)CCN1.c1c[nH]cn1. The number of nitrogens with two attached hydrogens (primary N) is 1. The number of hydrogen-bond acceptors (Lipinski definition) is 7. The molecule has 0 aliphatic carbocycles. The minimum absolute atomic E-state index is 0.168. The van der Waals surface area contributed by atoms with Crippen molar-refractivity contribution in [2.75, 3.05) is 17.7 Å². The van der Waals surface area contributed by atoms with Gasteiger partial charge in [-0.05, 0) is 43.8 Å². The van der Waals surface area contributed by atoms with Crippen molar-refractivity contribution in [2.24, 2.45) is 12.5 Å². The van der Waals surface area contributed by atoms with E-state index in [-0.39, 0.29) is 17.3 Å². The maximum atomic E-state index is 12.5. The van der Waals surface area contributed by atoms with E-state index in [0.717, 1.165) is 24.1 Å². The Hall–Kier alpha value is -4.25. The number of nitrogen functional groups attached to an aromatic ring is 1. The number of aromatic nitrogens is 6. The Morgan fingerprint density at radius 1 is 1.26 bits per heavy atom. The molecule has 1 amide bonds. The highest BCUT2D eigenvalue weighted by Crippen LogP contribution is 2.35. The van der Waals surface area contributed by atoms with E-state index in [1.165, 1.54) is 28.3 Å². The predicted molar refractivity (Wildman–Crippen MR) is 160 cm³/mol. The second-order valence-electron chi connectivity index (χ2n) is 9.95. The molecular weight excluding hydrogens is 510 g/mol. The molecule has 0 radical (unpaired) electrons. The molecule has 0 fully saturated rings. The van der Waals surface area contributed by atoms with Gasteiger partial charge in [0.2, 0.25) is 5.95 Å². The number of amides is 1. The molecule has 10 nitrogen and oxygen atoms in total. The van der Waals surface area contributed by atoms with Crippen LogP contribution in [-0.4, -0.2) is 41.6 Å². The number of aromatic amines is 1. The molecule has 3 aromatic rings. The smallest absolute Gasteiger partial charge is 0.263 e. The van der Waals surface area contributed by atoms with Gasteiger partial charge in [0.1, 0.15) is 16.5 Å². The first-order valence-electron chi connectivity index (χ1n) is 12.6. The van der Waals surface area contributed by atoms with Crippen molar-refractivity contribution in [3.05, 3.63) is 88.6 Å². The van der Waals surface area contributed by atoms with Crippen LogP contribution < -0.4 is 16.5 Å². The van der Waals surface area contributed by atoms with Crippen molar-refractivity contribution < 1.29 is 4.79 Å². The van der Waals surface area contributed by atoms with Crippen molar-refractivity contribution in [2.45, 2.75) is 41.0 Å². The Morgan fingerprint density at radius 2 is 2.03 bits per heavy atom. The van der Waals surface area contributed by atoms with E-state index in [1.807, 2.05) is 25.2 Å². The van der Waals surface area contributed by atoms with Gasteiger partial charge >= 0.3 is 0 Å². The van der Waals surface area contributed by atoms with Gasteiger partial charge in [0, 0.05) is 37.8 Å². The number of nitrogens with one attached hydrogen (secondary N) is 3. The molecule has 0 bridgehead atoms. The molecule has 0 saturated carbocycles. The number of fused-ring (bicyclic) bond motifs is 1. The Bertz CT molecular complexity index is 1500. The summed E-state index contributed by atoms with van der Waals surface area (Å²) >= 11 is 5.34. The fraction of sp³-hybridized carbons (Fsp3) is 0.321. The Labute approximate surface area is 234 Å². The summed E-state index contributed by atoms with van der Waals surface area (Å²) in [5, 5.41) is 3.45. The minimum Gasteiger partial charge on any atom is -0.388 e. The van der Waals surface area contributed by atoms with E-state index >= 15 is 0 Å². The zero-order valence-electron chi connectivity index (χ0n) is 23.3. The lowest BCUT2D eigenvalue weighted by Crippen LogP contribution is -2.31. The Morgan fingerprint density at radius 3 is 2.67 bits per heavy atom. The average Bonchev–Trinajstić information content (AvgIpc) is 3.56. The van der Waals surface area contributed by atoms with Crippen LogP contribution in [0.3, 0.4) is 0 Å². The normalized spacial score (nSPS) is 15.9. The lowest BCUT2D eigenvalue weighted by atomic mass is 9.77. The van der Waals surface area contributed by atoms with Gasteiger partial charge in [0.25, 0.3) is 5.91 Å². The summed E-state index contributed by atoms with van der Waals surface area (Å²) in [4.78, 5) is 27.4. The van der Waals surface area contributed by atoms with E-state index < -0.39 is 0 Å². The third-order valence-corrected chi connectivity index (χ3v) is 6.78. The summed E-state index contributed by atoms with van der Waals surface area (Å²) in [6.45, 7) is 11.6. The number of anilines is 1.